The fraction of sp³-hybridized carbons (Fsp3) is 1.00. The minimum Gasteiger partial charge on any atom is -0.349 e. The highest BCUT2D eigenvalue weighted by molar-refractivity contribution is 6.18. The van der Waals surface area contributed by atoms with Crippen LogP contribution >= 0.6 is 23.2 Å². The monoisotopic (exact) mass is 170 g/mol. The highest BCUT2D eigenvalue weighted by Crippen LogP contribution is 2.13. The quantitative estimate of drug-likeness (QED) is 0.581. The van der Waals surface area contributed by atoms with Crippen LogP contribution in [0.4, 0.5) is 0 Å². The van der Waals surface area contributed by atoms with Crippen molar-refractivity contribution in [3.8, 4) is 0 Å². The summed E-state index contributed by atoms with van der Waals surface area (Å²) in [5, 5.41) is 0. The van der Waals surface area contributed by atoms with Gasteiger partial charge in [0.15, 0.2) is 6.29 Å². The molecule has 4 heteroatoms. The van der Waals surface area contributed by atoms with E-state index >= 15 is 0 Å². The summed E-state index contributed by atoms with van der Waals surface area (Å²) in [5.41, 5.74) is 0. The second-order valence-electron chi connectivity index (χ2n) is 1.83. The lowest BCUT2D eigenvalue weighted by Crippen LogP contribution is -2.14. The minimum atomic E-state index is -0.240. The van der Waals surface area contributed by atoms with Crippen LogP contribution in [-0.2, 0) is 9.47 Å². The largest absolute Gasteiger partial charge is 0.349 e. The van der Waals surface area contributed by atoms with Gasteiger partial charge < -0.3 is 9.47 Å². The molecule has 0 spiro atoms. The van der Waals surface area contributed by atoms with E-state index < -0.39 is 0 Å². The topological polar surface area (TPSA) is 18.5 Å². The van der Waals surface area contributed by atoms with Crippen LogP contribution in [-0.4, -0.2) is 30.8 Å². The normalized spacial score (nSPS) is 35.3. The molecule has 0 aromatic carbocycles. The summed E-state index contributed by atoms with van der Waals surface area (Å²) in [6.45, 7) is 0.570. The Morgan fingerprint density at radius 1 is 1.33 bits per heavy atom. The highest BCUT2D eigenvalue weighted by Gasteiger charge is 2.23. The Kier molecular flexibility index (Phi) is 3.06. The van der Waals surface area contributed by atoms with E-state index in [1.165, 1.54) is 0 Å². The first-order valence-electron chi connectivity index (χ1n) is 2.76. The first kappa shape index (κ1) is 7.61. The first-order valence-corrected chi connectivity index (χ1v) is 3.82. The Morgan fingerprint density at radius 3 is 2.44 bits per heavy atom. The Balaban J connectivity index is 2.20. The molecule has 0 saturated carbocycles. The van der Waals surface area contributed by atoms with Gasteiger partial charge in [-0.25, -0.2) is 0 Å². The molecular weight excluding hydrogens is 163 g/mol. The van der Waals surface area contributed by atoms with Crippen LogP contribution in [0.25, 0.3) is 0 Å². The molecule has 0 aliphatic carbocycles. The van der Waals surface area contributed by atoms with E-state index in [-0.39, 0.29) is 12.4 Å². The van der Waals surface area contributed by atoms with Crippen molar-refractivity contribution in [2.75, 3.05) is 18.4 Å². The first-order chi connectivity index (χ1) is 4.36. The summed E-state index contributed by atoms with van der Waals surface area (Å²) in [6, 6.07) is 0. The Labute approximate surface area is 64.0 Å². The molecule has 2 unspecified atom stereocenters. The van der Waals surface area contributed by atoms with Gasteiger partial charge in [-0.2, -0.15) is 0 Å². The van der Waals surface area contributed by atoms with Crippen LogP contribution < -0.4 is 0 Å². The van der Waals surface area contributed by atoms with Crippen LogP contribution in [0, 0.1) is 0 Å². The average molecular weight is 171 g/mol. The zero-order chi connectivity index (χ0) is 6.69. The molecule has 1 fully saturated rings. The molecule has 1 saturated heterocycles. The van der Waals surface area contributed by atoms with Crippen molar-refractivity contribution >= 4 is 23.2 Å². The number of halogens is 2. The maximum atomic E-state index is 5.48. The van der Waals surface area contributed by atoms with Crippen molar-refractivity contribution in [2.45, 2.75) is 12.4 Å². The Hall–Kier alpha value is 0.500. The van der Waals surface area contributed by atoms with E-state index in [1.54, 1.807) is 0 Å². The standard InChI is InChI=1S/C5H8Cl2O2/c6-1-4-3-8-5(2-7)9-4/h4-5H,1-3H2. The van der Waals surface area contributed by atoms with Crippen molar-refractivity contribution in [1.82, 2.24) is 0 Å². The van der Waals surface area contributed by atoms with Gasteiger partial charge in [0.2, 0.25) is 0 Å². The van der Waals surface area contributed by atoms with Gasteiger partial charge >= 0.3 is 0 Å². The molecule has 1 rings (SSSR count). The predicted molar refractivity (Wildman–Crippen MR) is 36.1 cm³/mol. The molecule has 0 amide bonds. The van der Waals surface area contributed by atoms with E-state index in [4.69, 9.17) is 32.7 Å². The number of hydrogen-bond acceptors (Lipinski definition) is 2. The van der Waals surface area contributed by atoms with Crippen molar-refractivity contribution in [3.05, 3.63) is 0 Å². The summed E-state index contributed by atoms with van der Waals surface area (Å²) in [5.74, 6) is 0.862. The minimum absolute atomic E-state index is 0.0374. The fourth-order valence-electron chi connectivity index (χ4n) is 0.670. The summed E-state index contributed by atoms with van der Waals surface area (Å²) in [7, 11) is 0. The van der Waals surface area contributed by atoms with Crippen molar-refractivity contribution in [3.63, 3.8) is 0 Å². The van der Waals surface area contributed by atoms with Gasteiger partial charge in [-0.3, -0.25) is 0 Å². The second-order valence-corrected chi connectivity index (χ2v) is 2.45. The molecular formula is C5H8Cl2O2. The maximum absolute atomic E-state index is 5.48. The zero-order valence-electron chi connectivity index (χ0n) is 4.85. The van der Waals surface area contributed by atoms with Gasteiger partial charge in [0.1, 0.15) is 0 Å². The van der Waals surface area contributed by atoms with Gasteiger partial charge in [0, 0.05) is 0 Å². The van der Waals surface area contributed by atoms with Crippen molar-refractivity contribution in [1.29, 1.82) is 0 Å². The van der Waals surface area contributed by atoms with Gasteiger partial charge in [0.25, 0.3) is 0 Å². The molecule has 0 radical (unpaired) electrons. The fourth-order valence-corrected chi connectivity index (χ4v) is 0.993. The summed E-state index contributed by atoms with van der Waals surface area (Å²) in [6.07, 6.45) is -0.203. The van der Waals surface area contributed by atoms with Crippen LogP contribution in [0.15, 0.2) is 0 Å². The molecule has 0 aromatic rings. The van der Waals surface area contributed by atoms with E-state index in [0.29, 0.717) is 18.4 Å². The Morgan fingerprint density at radius 2 is 2.11 bits per heavy atom. The summed E-state index contributed by atoms with van der Waals surface area (Å²) in [4.78, 5) is 0. The molecule has 1 aliphatic heterocycles. The van der Waals surface area contributed by atoms with Crippen molar-refractivity contribution < 1.29 is 9.47 Å². The third kappa shape index (κ3) is 1.97. The molecule has 0 bridgehead atoms. The number of alkyl halides is 2. The van der Waals surface area contributed by atoms with Crippen molar-refractivity contribution in [2.24, 2.45) is 0 Å². The number of ether oxygens (including phenoxy) is 2. The number of rotatable bonds is 2. The van der Waals surface area contributed by atoms with Crippen LogP contribution in [0.2, 0.25) is 0 Å². The molecule has 0 N–H and O–H groups in total. The average Bonchev–Trinajstić information content (AvgIpc) is 2.34. The third-order valence-corrected chi connectivity index (χ3v) is 1.71. The van der Waals surface area contributed by atoms with Crippen LogP contribution in [0.5, 0.6) is 0 Å². The van der Waals surface area contributed by atoms with E-state index in [1.807, 2.05) is 0 Å². The molecule has 9 heavy (non-hydrogen) atoms. The van der Waals surface area contributed by atoms with Gasteiger partial charge in [-0.1, -0.05) is 0 Å². The molecule has 1 heterocycles. The van der Waals surface area contributed by atoms with Gasteiger partial charge in [-0.15, -0.1) is 23.2 Å². The molecule has 54 valence electrons. The summed E-state index contributed by atoms with van der Waals surface area (Å²) >= 11 is 10.9. The van der Waals surface area contributed by atoms with Crippen LogP contribution in [0.1, 0.15) is 0 Å². The van der Waals surface area contributed by atoms with Crippen LogP contribution in [0.3, 0.4) is 0 Å². The molecule has 2 atom stereocenters. The molecule has 2 nitrogen and oxygen atoms in total. The lowest BCUT2D eigenvalue weighted by Gasteiger charge is -2.04. The highest BCUT2D eigenvalue weighted by atomic mass is 35.5. The maximum Gasteiger partial charge on any atom is 0.171 e. The number of hydrogen-bond donors (Lipinski definition) is 0. The zero-order valence-corrected chi connectivity index (χ0v) is 6.36. The summed E-state index contributed by atoms with van der Waals surface area (Å²) < 4.78 is 10.2. The Bertz CT molecular complexity index is 79.0. The third-order valence-electron chi connectivity index (χ3n) is 1.11. The van der Waals surface area contributed by atoms with E-state index in [2.05, 4.69) is 0 Å². The smallest absolute Gasteiger partial charge is 0.171 e. The lowest BCUT2D eigenvalue weighted by atomic mass is 10.4. The predicted octanol–water partition coefficient (Wildman–Crippen LogP) is 1.21. The lowest BCUT2D eigenvalue weighted by molar-refractivity contribution is -0.0356. The molecule has 1 aliphatic rings. The van der Waals surface area contributed by atoms with E-state index in [9.17, 15) is 0 Å². The van der Waals surface area contributed by atoms with Gasteiger partial charge in [-0.05, 0) is 0 Å². The second kappa shape index (κ2) is 3.62. The molecule has 0 aromatic heterocycles. The SMILES string of the molecule is ClCC1COC(CCl)O1. The van der Waals surface area contributed by atoms with Gasteiger partial charge in [0.05, 0.1) is 24.5 Å². The van der Waals surface area contributed by atoms with E-state index in [0.717, 1.165) is 0 Å².